The largest absolute Gasteiger partial charge is 0.311 e. The fourth-order valence-electron chi connectivity index (χ4n) is 10.8. The molecule has 306 valence electrons. The van der Waals surface area contributed by atoms with Crippen LogP contribution in [0.25, 0.3) is 22.3 Å². The molecule has 12 rings (SSSR count). The Balaban J connectivity index is 1.07. The van der Waals surface area contributed by atoms with E-state index in [2.05, 4.69) is 272 Å². The van der Waals surface area contributed by atoms with Crippen LogP contribution in [0, 0.1) is 6.92 Å². The molecule has 0 saturated carbocycles. The first-order valence-electron chi connectivity index (χ1n) is 22.6. The lowest BCUT2D eigenvalue weighted by Crippen LogP contribution is -2.61. The molecule has 0 bridgehead atoms. The van der Waals surface area contributed by atoms with Crippen LogP contribution in [0.4, 0.5) is 34.1 Å². The van der Waals surface area contributed by atoms with Crippen LogP contribution in [-0.2, 0) is 5.41 Å². The lowest BCUT2D eigenvalue weighted by Gasteiger charge is -2.44. The summed E-state index contributed by atoms with van der Waals surface area (Å²) in [4.78, 5) is 5.04. The van der Waals surface area contributed by atoms with Crippen molar-refractivity contribution in [2.45, 2.75) is 12.3 Å². The number of hydrogen-bond donors (Lipinski definition) is 0. The zero-order valence-electron chi connectivity index (χ0n) is 36.2. The van der Waals surface area contributed by atoms with E-state index < -0.39 is 5.41 Å². The minimum absolute atomic E-state index is 0.0302. The van der Waals surface area contributed by atoms with Crippen LogP contribution < -0.4 is 26.2 Å². The van der Waals surface area contributed by atoms with Gasteiger partial charge in [0.15, 0.2) is 0 Å². The molecule has 0 N–H and O–H groups in total. The topological polar surface area (TPSA) is 6.48 Å². The number of benzene rings is 10. The van der Waals surface area contributed by atoms with E-state index in [0.29, 0.717) is 0 Å². The summed E-state index contributed by atoms with van der Waals surface area (Å²) < 4.78 is 0. The predicted molar refractivity (Wildman–Crippen MR) is 274 cm³/mol. The van der Waals surface area contributed by atoms with Gasteiger partial charge in [-0.3, -0.25) is 0 Å². The van der Waals surface area contributed by atoms with Gasteiger partial charge in [0.05, 0.1) is 5.41 Å². The molecule has 2 nitrogen and oxygen atoms in total. The van der Waals surface area contributed by atoms with Crippen LogP contribution in [0.1, 0.15) is 27.8 Å². The molecule has 2 aliphatic rings. The van der Waals surface area contributed by atoms with E-state index in [9.17, 15) is 0 Å². The highest BCUT2D eigenvalue weighted by Gasteiger charge is 2.44. The van der Waals surface area contributed by atoms with Crippen molar-refractivity contribution in [1.82, 2.24) is 0 Å². The van der Waals surface area contributed by atoms with Gasteiger partial charge < -0.3 is 9.80 Å². The lowest BCUT2D eigenvalue weighted by atomic mass is 9.33. The van der Waals surface area contributed by atoms with Crippen molar-refractivity contribution in [3.8, 4) is 22.3 Å². The van der Waals surface area contributed by atoms with E-state index in [4.69, 9.17) is 0 Å². The van der Waals surface area contributed by atoms with Gasteiger partial charge in [-0.25, -0.2) is 0 Å². The molecule has 0 amide bonds. The molecule has 0 aliphatic carbocycles. The molecule has 0 atom stereocenters. The lowest BCUT2D eigenvalue weighted by molar-refractivity contribution is 0.745. The molecule has 10 aromatic carbocycles. The summed E-state index contributed by atoms with van der Waals surface area (Å²) in [6.07, 6.45) is 0. The Morgan fingerprint density at radius 3 is 1.32 bits per heavy atom. The Bertz CT molecular complexity index is 3220. The third-order valence-corrected chi connectivity index (χ3v) is 13.6. The van der Waals surface area contributed by atoms with E-state index in [0.717, 1.165) is 11.4 Å². The first kappa shape index (κ1) is 38.5. The average Bonchev–Trinajstić information content (AvgIpc) is 3.38. The number of hydrogen-bond acceptors (Lipinski definition) is 2. The van der Waals surface area contributed by atoms with Crippen LogP contribution in [0.5, 0.6) is 0 Å². The molecule has 0 aromatic heterocycles. The molecule has 0 radical (unpaired) electrons. The van der Waals surface area contributed by atoms with E-state index in [-0.39, 0.29) is 6.71 Å². The number of aryl methyl sites for hydroxylation is 1. The summed E-state index contributed by atoms with van der Waals surface area (Å²) >= 11 is 0. The van der Waals surface area contributed by atoms with Crippen LogP contribution in [-0.4, -0.2) is 6.71 Å². The van der Waals surface area contributed by atoms with E-state index in [1.54, 1.807) is 0 Å². The van der Waals surface area contributed by atoms with Gasteiger partial charge in [-0.05, 0) is 122 Å². The molecule has 0 saturated heterocycles. The van der Waals surface area contributed by atoms with Crippen molar-refractivity contribution in [2.24, 2.45) is 0 Å². The van der Waals surface area contributed by atoms with Crippen molar-refractivity contribution in [3.63, 3.8) is 0 Å². The maximum Gasteiger partial charge on any atom is 0.252 e. The summed E-state index contributed by atoms with van der Waals surface area (Å²) in [6, 6.07) is 93.9. The number of rotatable bonds is 8. The maximum atomic E-state index is 2.53. The second-order valence-corrected chi connectivity index (χ2v) is 17.3. The van der Waals surface area contributed by atoms with Gasteiger partial charge in [-0.2, -0.15) is 0 Å². The standard InChI is InChI=1S/C62H45BN2/c1-44-40-59-61-60(41-44)65(54-31-19-24-47(42-54)45-20-7-2-8-21-45)58-43-48(46-22-9-3-10-23-46)34-39-56(58)63(61)55-32-17-18-33-57(55)64(59)53-37-35-52(36-38-53)62(49-25-11-4-12-26-49,50-27-13-5-14-28-50)51-29-15-6-16-30-51/h2-43H,1H3. The molecule has 10 aromatic rings. The van der Waals surface area contributed by atoms with Crippen molar-refractivity contribution >= 4 is 57.2 Å². The number of para-hydroxylation sites is 1. The third kappa shape index (κ3) is 6.34. The minimum atomic E-state index is -0.535. The summed E-state index contributed by atoms with van der Waals surface area (Å²) in [5.41, 5.74) is 21.4. The Kier molecular flexibility index (Phi) is 9.42. The van der Waals surface area contributed by atoms with Gasteiger partial charge in [0.2, 0.25) is 0 Å². The van der Waals surface area contributed by atoms with E-state index in [1.807, 2.05) is 0 Å². The second kappa shape index (κ2) is 15.9. The Hall–Kier alpha value is -8.14. The van der Waals surface area contributed by atoms with Crippen LogP contribution >= 0.6 is 0 Å². The van der Waals surface area contributed by atoms with Crippen molar-refractivity contribution in [3.05, 3.63) is 283 Å². The highest BCUT2D eigenvalue weighted by atomic mass is 15.2. The van der Waals surface area contributed by atoms with Gasteiger partial charge in [0.25, 0.3) is 6.71 Å². The number of anilines is 6. The molecular weight excluding hydrogens is 784 g/mol. The zero-order valence-corrected chi connectivity index (χ0v) is 36.2. The summed E-state index contributed by atoms with van der Waals surface area (Å²) in [7, 11) is 0. The number of nitrogens with zero attached hydrogens (tertiary/aromatic N) is 2. The van der Waals surface area contributed by atoms with Crippen LogP contribution in [0.3, 0.4) is 0 Å². The van der Waals surface area contributed by atoms with Crippen molar-refractivity contribution in [2.75, 3.05) is 9.80 Å². The predicted octanol–water partition coefficient (Wildman–Crippen LogP) is 13.8. The Morgan fingerprint density at radius 1 is 0.308 bits per heavy atom. The fourth-order valence-corrected chi connectivity index (χ4v) is 10.8. The third-order valence-electron chi connectivity index (χ3n) is 13.6. The van der Waals surface area contributed by atoms with E-state index >= 15 is 0 Å². The SMILES string of the molecule is Cc1cc2c3c(c1)N(c1cccc(-c4ccccc4)c1)c1cc(-c4ccccc4)ccc1B3c1ccccc1N2c1ccc(C(c2ccccc2)(c2ccccc2)c2ccccc2)cc1. The van der Waals surface area contributed by atoms with Gasteiger partial charge in [-0.15, -0.1) is 0 Å². The van der Waals surface area contributed by atoms with Crippen molar-refractivity contribution < 1.29 is 0 Å². The molecule has 2 aliphatic heterocycles. The van der Waals surface area contributed by atoms with E-state index in [1.165, 1.54) is 89.2 Å². The fraction of sp³-hybridized carbons (Fsp3) is 0.0323. The molecule has 0 fully saturated rings. The molecule has 65 heavy (non-hydrogen) atoms. The summed E-state index contributed by atoms with van der Waals surface area (Å²) in [5.74, 6) is 0. The van der Waals surface area contributed by atoms with Crippen LogP contribution in [0.2, 0.25) is 0 Å². The first-order valence-corrected chi connectivity index (χ1v) is 22.6. The van der Waals surface area contributed by atoms with Gasteiger partial charge in [0.1, 0.15) is 0 Å². The second-order valence-electron chi connectivity index (χ2n) is 17.3. The smallest absolute Gasteiger partial charge is 0.252 e. The quantitative estimate of drug-likeness (QED) is 0.111. The highest BCUT2D eigenvalue weighted by molar-refractivity contribution is 7.00. The molecular formula is C62H45BN2. The van der Waals surface area contributed by atoms with Crippen molar-refractivity contribution in [1.29, 1.82) is 0 Å². The first-order chi connectivity index (χ1) is 32.2. The molecule has 2 heterocycles. The summed E-state index contributed by atoms with van der Waals surface area (Å²) in [5, 5.41) is 0. The summed E-state index contributed by atoms with van der Waals surface area (Å²) in [6.45, 7) is 2.28. The monoisotopic (exact) mass is 828 g/mol. The highest BCUT2D eigenvalue weighted by Crippen LogP contribution is 2.48. The number of fused-ring (bicyclic) bond motifs is 4. The average molecular weight is 829 g/mol. The molecule has 0 unspecified atom stereocenters. The molecule has 3 heteroatoms. The normalized spacial score (nSPS) is 12.6. The minimum Gasteiger partial charge on any atom is -0.311 e. The van der Waals surface area contributed by atoms with Crippen LogP contribution in [0.15, 0.2) is 255 Å². The van der Waals surface area contributed by atoms with Gasteiger partial charge in [-0.1, -0.05) is 206 Å². The zero-order chi connectivity index (χ0) is 43.3. The van der Waals surface area contributed by atoms with Gasteiger partial charge >= 0.3 is 0 Å². The maximum absolute atomic E-state index is 2.53. The molecule has 0 spiro atoms. The Morgan fingerprint density at radius 2 is 0.754 bits per heavy atom. The van der Waals surface area contributed by atoms with Gasteiger partial charge in [0, 0.05) is 34.1 Å². The Labute approximate surface area is 382 Å².